The maximum Gasteiger partial charge on any atom is 0.257 e. The third-order valence-electron chi connectivity index (χ3n) is 8.67. The van der Waals surface area contributed by atoms with Crippen LogP contribution in [0.25, 0.3) is 15.7 Å². The number of halogens is 1. The summed E-state index contributed by atoms with van der Waals surface area (Å²) in [6, 6.07) is 29.5. The van der Waals surface area contributed by atoms with E-state index in [1.807, 2.05) is 60.8 Å². The minimum absolute atomic E-state index is 0.0182. The second kappa shape index (κ2) is 12.6. The Labute approximate surface area is 272 Å². The molecule has 228 valence electrons. The highest BCUT2D eigenvalue weighted by molar-refractivity contribution is 7.19. The summed E-state index contributed by atoms with van der Waals surface area (Å²) >= 11 is 8.64. The van der Waals surface area contributed by atoms with Gasteiger partial charge >= 0.3 is 0 Å². The van der Waals surface area contributed by atoms with Crippen LogP contribution in [0.4, 0.5) is 5.69 Å². The Bertz CT molecular complexity index is 1880. The van der Waals surface area contributed by atoms with Gasteiger partial charge in [0.05, 0.1) is 30.3 Å². The Hall–Kier alpha value is -4.30. The quantitative estimate of drug-likeness (QED) is 0.179. The van der Waals surface area contributed by atoms with Crippen LogP contribution in [-0.4, -0.2) is 41.0 Å². The number of amides is 1. The highest BCUT2D eigenvalue weighted by Gasteiger charge is 2.34. The number of nitrogens with one attached hydrogen (secondary N) is 1. The van der Waals surface area contributed by atoms with Gasteiger partial charge in [-0.25, -0.2) is 0 Å². The molecule has 5 aromatic rings. The van der Waals surface area contributed by atoms with Crippen molar-refractivity contribution in [3.63, 3.8) is 0 Å². The third kappa shape index (κ3) is 5.91. The zero-order chi connectivity index (χ0) is 30.9. The van der Waals surface area contributed by atoms with Gasteiger partial charge in [-0.3, -0.25) is 9.69 Å². The van der Waals surface area contributed by atoms with Crippen LogP contribution >= 0.6 is 22.9 Å². The molecule has 0 saturated carbocycles. The number of hydrogen-bond donors (Lipinski definition) is 2. The molecule has 2 N–H and O–H groups in total. The lowest BCUT2D eigenvalue weighted by Crippen LogP contribution is -2.31. The average Bonchev–Trinajstić information content (AvgIpc) is 3.69. The van der Waals surface area contributed by atoms with E-state index in [0.29, 0.717) is 29.1 Å². The molecule has 1 fully saturated rings. The Balaban J connectivity index is 1.34. The van der Waals surface area contributed by atoms with Gasteiger partial charge in [-0.2, -0.15) is 0 Å². The van der Waals surface area contributed by atoms with Gasteiger partial charge in [0, 0.05) is 33.4 Å². The Morgan fingerprint density at radius 3 is 2.44 bits per heavy atom. The first-order chi connectivity index (χ1) is 22.0. The summed E-state index contributed by atoms with van der Waals surface area (Å²) in [5.74, 6) is 0.0724. The number of para-hydroxylation sites is 1. The molecule has 1 atom stereocenters. The van der Waals surface area contributed by atoms with Crippen molar-refractivity contribution in [1.82, 2.24) is 9.80 Å². The molecular formula is C37H34ClN3O3S. The van der Waals surface area contributed by atoms with Crippen molar-refractivity contribution in [3.8, 4) is 11.5 Å². The van der Waals surface area contributed by atoms with Crippen LogP contribution in [-0.2, 0) is 17.9 Å². The largest absolute Gasteiger partial charge is 0.504 e. The number of benzene rings is 4. The van der Waals surface area contributed by atoms with Crippen molar-refractivity contribution in [1.29, 1.82) is 0 Å². The van der Waals surface area contributed by atoms with Crippen molar-refractivity contribution < 1.29 is 14.6 Å². The number of nitrogens with zero attached hydrogens (tertiary/aromatic N) is 2. The van der Waals surface area contributed by atoms with Crippen LogP contribution in [0.3, 0.4) is 0 Å². The fourth-order valence-corrected chi connectivity index (χ4v) is 7.94. The van der Waals surface area contributed by atoms with E-state index in [2.05, 4.69) is 45.4 Å². The Morgan fingerprint density at radius 2 is 1.71 bits per heavy atom. The molecule has 0 aliphatic carbocycles. The van der Waals surface area contributed by atoms with Gasteiger partial charge in [0.25, 0.3) is 5.91 Å². The average molecular weight is 636 g/mol. The lowest BCUT2D eigenvalue weighted by atomic mass is 9.86. The fourth-order valence-electron chi connectivity index (χ4n) is 6.44. The molecule has 1 unspecified atom stereocenters. The van der Waals surface area contributed by atoms with Crippen LogP contribution in [0.5, 0.6) is 11.5 Å². The molecule has 2 aliphatic heterocycles. The van der Waals surface area contributed by atoms with E-state index in [-0.39, 0.29) is 17.7 Å². The molecule has 3 heterocycles. The van der Waals surface area contributed by atoms with Crippen LogP contribution in [0.1, 0.15) is 46.0 Å². The first kappa shape index (κ1) is 29.4. The molecule has 4 aromatic carbocycles. The number of methoxy groups -OCH3 is 1. The summed E-state index contributed by atoms with van der Waals surface area (Å²) in [6.45, 7) is 3.71. The van der Waals surface area contributed by atoms with Crippen molar-refractivity contribution in [3.05, 3.63) is 129 Å². The van der Waals surface area contributed by atoms with Crippen molar-refractivity contribution in [2.45, 2.75) is 32.0 Å². The van der Waals surface area contributed by atoms with Crippen LogP contribution < -0.4 is 10.1 Å². The van der Waals surface area contributed by atoms with E-state index in [9.17, 15) is 9.90 Å². The molecule has 2 aliphatic rings. The van der Waals surface area contributed by atoms with Gasteiger partial charge in [0.1, 0.15) is 0 Å². The zero-order valence-electron chi connectivity index (χ0n) is 25.0. The first-order valence-electron chi connectivity index (χ1n) is 15.2. The summed E-state index contributed by atoms with van der Waals surface area (Å²) < 4.78 is 6.70. The normalized spacial score (nSPS) is 16.4. The van der Waals surface area contributed by atoms with E-state index in [4.69, 9.17) is 16.3 Å². The number of anilines is 1. The van der Waals surface area contributed by atoms with Crippen LogP contribution in [0.2, 0.25) is 5.02 Å². The number of likely N-dealkylation sites (tertiary alicyclic amines) is 1. The molecule has 0 spiro atoms. The fraction of sp³-hybridized carbons (Fsp3) is 0.216. The highest BCUT2D eigenvalue weighted by atomic mass is 35.5. The lowest BCUT2D eigenvalue weighted by molar-refractivity contribution is -0.111. The van der Waals surface area contributed by atoms with Crippen molar-refractivity contribution in [2.75, 3.05) is 25.5 Å². The van der Waals surface area contributed by atoms with E-state index in [0.717, 1.165) is 50.7 Å². The van der Waals surface area contributed by atoms with E-state index >= 15 is 0 Å². The molecule has 1 saturated heterocycles. The minimum Gasteiger partial charge on any atom is -0.504 e. The van der Waals surface area contributed by atoms with Gasteiger partial charge in [-0.1, -0.05) is 72.3 Å². The predicted molar refractivity (Wildman–Crippen MR) is 183 cm³/mol. The standard InChI is InChI=1S/C37H34ClN3O3S/c1-44-32-20-29-28(19-31(32)42)30(37(43)39-26-9-3-2-4-10-26)22-41(23-34-35(38)27-11-5-6-12-33(27)45-34)36(29)25-15-13-24(14-16-25)21-40-17-7-8-18-40/h2-6,9-16,19-20,22,36,42H,7-8,17-18,21,23H2,1H3,(H,39,43). The Kier molecular flexibility index (Phi) is 8.23. The topological polar surface area (TPSA) is 65.0 Å². The van der Waals surface area contributed by atoms with Gasteiger partial charge in [0.15, 0.2) is 11.5 Å². The molecule has 1 aromatic heterocycles. The summed E-state index contributed by atoms with van der Waals surface area (Å²) in [4.78, 5) is 19.6. The van der Waals surface area contributed by atoms with Gasteiger partial charge in [0.2, 0.25) is 0 Å². The maximum atomic E-state index is 13.9. The van der Waals surface area contributed by atoms with Gasteiger partial charge < -0.3 is 20.1 Å². The second-order valence-corrected chi connectivity index (χ2v) is 13.1. The van der Waals surface area contributed by atoms with Crippen molar-refractivity contribution in [2.24, 2.45) is 0 Å². The molecule has 8 heteroatoms. The smallest absolute Gasteiger partial charge is 0.257 e. The highest BCUT2D eigenvalue weighted by Crippen LogP contribution is 2.46. The number of phenols is 1. The van der Waals surface area contributed by atoms with E-state index in [1.165, 1.54) is 18.4 Å². The number of aromatic hydroxyl groups is 1. The summed E-state index contributed by atoms with van der Waals surface area (Å²) in [6.07, 6.45) is 4.43. The summed E-state index contributed by atoms with van der Waals surface area (Å²) in [5.41, 5.74) is 5.02. The van der Waals surface area contributed by atoms with Gasteiger partial charge in [-0.15, -0.1) is 11.3 Å². The van der Waals surface area contributed by atoms with Crippen molar-refractivity contribution >= 4 is 50.2 Å². The zero-order valence-corrected chi connectivity index (χ0v) is 26.6. The molecule has 7 rings (SSSR count). The van der Waals surface area contributed by atoms with E-state index in [1.54, 1.807) is 24.5 Å². The summed E-state index contributed by atoms with van der Waals surface area (Å²) in [5, 5.41) is 15.7. The molecule has 45 heavy (non-hydrogen) atoms. The predicted octanol–water partition coefficient (Wildman–Crippen LogP) is 8.45. The van der Waals surface area contributed by atoms with Gasteiger partial charge in [-0.05, 0) is 78.5 Å². The number of thiophene rings is 1. The molecule has 1 amide bonds. The van der Waals surface area contributed by atoms with Crippen LogP contribution in [0, 0.1) is 0 Å². The number of ether oxygens (including phenoxy) is 1. The third-order valence-corrected chi connectivity index (χ3v) is 10.4. The molecule has 6 nitrogen and oxygen atoms in total. The first-order valence-corrected chi connectivity index (χ1v) is 16.4. The molecule has 0 bridgehead atoms. The number of carbonyl (C=O) groups is 1. The molecular weight excluding hydrogens is 602 g/mol. The molecule has 0 radical (unpaired) electrons. The number of carbonyl (C=O) groups excluding carboxylic acids is 1. The monoisotopic (exact) mass is 635 g/mol. The van der Waals surface area contributed by atoms with E-state index < -0.39 is 0 Å². The van der Waals surface area contributed by atoms with Crippen LogP contribution in [0.15, 0.2) is 97.2 Å². The Morgan fingerprint density at radius 1 is 0.978 bits per heavy atom. The number of phenolic OH excluding ortho intramolecular Hbond substituents is 1. The number of fused-ring (bicyclic) bond motifs is 2. The minimum atomic E-state index is -0.265. The lowest BCUT2D eigenvalue weighted by Gasteiger charge is -2.37. The summed E-state index contributed by atoms with van der Waals surface area (Å²) in [7, 11) is 1.54. The second-order valence-electron chi connectivity index (χ2n) is 11.6. The number of rotatable bonds is 8. The number of hydrogen-bond acceptors (Lipinski definition) is 6. The SMILES string of the molecule is COc1cc2c(cc1O)C(C(=O)Nc1ccccc1)=CN(Cc1sc3ccccc3c1Cl)C2c1ccc(CN2CCCC2)cc1. The maximum absolute atomic E-state index is 13.9.